The molecule has 242 valence electrons. The first-order valence-corrected chi connectivity index (χ1v) is 16.6. The number of amidine groups is 1. The van der Waals surface area contributed by atoms with Crippen LogP contribution in [0.2, 0.25) is 0 Å². The summed E-state index contributed by atoms with van der Waals surface area (Å²) in [6.45, 7) is 5.96. The molecule has 3 heterocycles. The van der Waals surface area contributed by atoms with Gasteiger partial charge in [-0.05, 0) is 127 Å². The number of hydrogen-bond acceptors (Lipinski definition) is 6. The van der Waals surface area contributed by atoms with Gasteiger partial charge in [0.05, 0.1) is 6.54 Å². The van der Waals surface area contributed by atoms with E-state index in [-0.39, 0.29) is 17.5 Å². The van der Waals surface area contributed by atoms with Crippen LogP contribution in [-0.2, 0) is 24.1 Å². The lowest BCUT2D eigenvalue weighted by molar-refractivity contribution is 0.0664. The summed E-state index contributed by atoms with van der Waals surface area (Å²) < 4.78 is 19.8. The molecule has 4 aromatic rings. The number of carbonyl (C=O) groups is 1. The lowest BCUT2D eigenvalue weighted by atomic mass is 9.89. The van der Waals surface area contributed by atoms with Crippen LogP contribution in [0.15, 0.2) is 83.9 Å². The average molecular weight is 633 g/mol. The van der Waals surface area contributed by atoms with Crippen LogP contribution in [0.1, 0.15) is 51.0 Å². The summed E-state index contributed by atoms with van der Waals surface area (Å²) in [4.78, 5) is 23.6. The number of anilines is 1. The molecule has 0 saturated carbocycles. The normalized spacial score (nSPS) is 17.0. The Morgan fingerprint density at radius 3 is 2.49 bits per heavy atom. The zero-order valence-electron chi connectivity index (χ0n) is 26.8. The molecule has 7 nitrogen and oxygen atoms in total. The SMILES string of the molecule is CN1CCN(c2ccc(C(=O)NC3=NCc4cc(-c5ccc(O)cc5)c(Cc5cccc(F)c5)cc43)c(CC3CCOCC3)c2)CC1. The fourth-order valence-corrected chi connectivity index (χ4v) is 6.99. The number of aromatic hydroxyl groups is 1. The van der Waals surface area contributed by atoms with Crippen molar-refractivity contribution in [1.82, 2.24) is 10.2 Å². The van der Waals surface area contributed by atoms with Gasteiger partial charge in [-0.1, -0.05) is 24.3 Å². The van der Waals surface area contributed by atoms with Gasteiger partial charge in [0.25, 0.3) is 5.91 Å². The molecule has 2 N–H and O–H groups in total. The molecular formula is C39H41FN4O3. The van der Waals surface area contributed by atoms with E-state index < -0.39 is 0 Å². The highest BCUT2D eigenvalue weighted by atomic mass is 19.1. The third kappa shape index (κ3) is 7.09. The van der Waals surface area contributed by atoms with Crippen molar-refractivity contribution < 1.29 is 19.0 Å². The van der Waals surface area contributed by atoms with E-state index in [0.717, 1.165) is 97.6 Å². The van der Waals surface area contributed by atoms with Crippen molar-refractivity contribution in [3.8, 4) is 16.9 Å². The molecule has 2 fully saturated rings. The van der Waals surface area contributed by atoms with Gasteiger partial charge in [0.15, 0.2) is 0 Å². The van der Waals surface area contributed by atoms with E-state index >= 15 is 0 Å². The molecule has 47 heavy (non-hydrogen) atoms. The summed E-state index contributed by atoms with van der Waals surface area (Å²) in [6, 6.07) is 24.2. The van der Waals surface area contributed by atoms with Crippen molar-refractivity contribution in [3.63, 3.8) is 0 Å². The average Bonchev–Trinajstić information content (AvgIpc) is 3.46. The number of hydrogen-bond donors (Lipinski definition) is 2. The van der Waals surface area contributed by atoms with E-state index in [1.54, 1.807) is 24.3 Å². The minimum Gasteiger partial charge on any atom is -0.508 e. The third-order valence-corrected chi connectivity index (χ3v) is 9.74. The first-order valence-electron chi connectivity index (χ1n) is 16.6. The second-order valence-corrected chi connectivity index (χ2v) is 13.0. The Bertz CT molecular complexity index is 1790. The summed E-state index contributed by atoms with van der Waals surface area (Å²) in [5.74, 6) is 0.800. The number of ether oxygens (including phenoxy) is 1. The summed E-state index contributed by atoms with van der Waals surface area (Å²) in [6.07, 6.45) is 3.34. The van der Waals surface area contributed by atoms with E-state index in [1.165, 1.54) is 11.8 Å². The molecule has 3 aliphatic heterocycles. The quantitative estimate of drug-likeness (QED) is 0.254. The number of phenols is 1. The van der Waals surface area contributed by atoms with Crippen LogP contribution >= 0.6 is 0 Å². The number of benzene rings is 4. The predicted octanol–water partition coefficient (Wildman–Crippen LogP) is 6.20. The molecule has 8 heteroatoms. The second-order valence-electron chi connectivity index (χ2n) is 13.0. The smallest absolute Gasteiger partial charge is 0.257 e. The Morgan fingerprint density at radius 1 is 0.936 bits per heavy atom. The fraction of sp³-hybridized carbons (Fsp3) is 0.333. The van der Waals surface area contributed by atoms with Gasteiger partial charge >= 0.3 is 0 Å². The Morgan fingerprint density at radius 2 is 1.72 bits per heavy atom. The first-order chi connectivity index (χ1) is 22.9. The molecule has 4 aromatic carbocycles. The van der Waals surface area contributed by atoms with Crippen molar-refractivity contribution >= 4 is 17.4 Å². The van der Waals surface area contributed by atoms with Gasteiger partial charge in [-0.25, -0.2) is 4.39 Å². The number of nitrogens with one attached hydrogen (secondary N) is 1. The van der Waals surface area contributed by atoms with Gasteiger partial charge in [0.1, 0.15) is 17.4 Å². The van der Waals surface area contributed by atoms with Crippen LogP contribution in [0.4, 0.5) is 10.1 Å². The van der Waals surface area contributed by atoms with E-state index in [9.17, 15) is 14.3 Å². The van der Waals surface area contributed by atoms with Gasteiger partial charge in [-0.3, -0.25) is 9.79 Å². The number of halogens is 1. The zero-order valence-corrected chi connectivity index (χ0v) is 26.8. The first kappa shape index (κ1) is 31.1. The highest BCUT2D eigenvalue weighted by Crippen LogP contribution is 2.33. The van der Waals surface area contributed by atoms with Crippen LogP contribution in [0, 0.1) is 11.7 Å². The van der Waals surface area contributed by atoms with E-state index in [4.69, 9.17) is 9.73 Å². The van der Waals surface area contributed by atoms with Crippen LogP contribution in [0.3, 0.4) is 0 Å². The lowest BCUT2D eigenvalue weighted by Crippen LogP contribution is -2.44. The number of fused-ring (bicyclic) bond motifs is 1. The Kier molecular flexibility index (Phi) is 9.05. The summed E-state index contributed by atoms with van der Waals surface area (Å²) in [5, 5.41) is 13.1. The van der Waals surface area contributed by atoms with E-state index in [2.05, 4.69) is 46.4 Å². The third-order valence-electron chi connectivity index (χ3n) is 9.74. The molecule has 0 spiro atoms. The van der Waals surface area contributed by atoms with Crippen LogP contribution in [0.5, 0.6) is 5.75 Å². The fourth-order valence-electron chi connectivity index (χ4n) is 6.99. The maximum absolute atomic E-state index is 14.1. The largest absolute Gasteiger partial charge is 0.508 e. The number of carbonyl (C=O) groups excluding carboxylic acids is 1. The highest BCUT2D eigenvalue weighted by molar-refractivity contribution is 6.15. The Labute approximate surface area is 275 Å². The van der Waals surface area contributed by atoms with Crippen molar-refractivity contribution in [2.24, 2.45) is 10.9 Å². The predicted molar refractivity (Wildman–Crippen MR) is 184 cm³/mol. The molecule has 2 saturated heterocycles. The van der Waals surface area contributed by atoms with Gasteiger partial charge < -0.3 is 25.0 Å². The maximum atomic E-state index is 14.1. The number of rotatable bonds is 7. The number of aliphatic imine (C=N–C) groups is 1. The van der Waals surface area contributed by atoms with Gasteiger partial charge in [0.2, 0.25) is 0 Å². The summed E-state index contributed by atoms with van der Waals surface area (Å²) >= 11 is 0. The Hall–Kier alpha value is -4.53. The standard InChI is InChI=1S/C39H41FN4O3/c1-43-13-15-44(16-14-43)33-7-10-35(29(22-33)19-26-11-17-47-18-12-26)39(46)42-38-37-23-30(20-27-3-2-4-32(40)21-27)36(24-31(37)25-41-38)28-5-8-34(45)9-6-28/h2-10,21-24,26,45H,11-20,25H2,1H3,(H,41,42,46). The molecular weight excluding hydrogens is 591 g/mol. The molecule has 0 unspecified atom stereocenters. The van der Waals surface area contributed by atoms with Crippen LogP contribution < -0.4 is 10.2 Å². The number of piperazine rings is 1. The number of likely N-dealkylation sites (N-methyl/N-ethyl adjacent to an activating group) is 1. The second kappa shape index (κ2) is 13.7. The minimum absolute atomic E-state index is 0.155. The van der Waals surface area contributed by atoms with E-state index in [1.807, 2.05) is 24.3 Å². The molecule has 1 amide bonds. The molecule has 0 radical (unpaired) electrons. The van der Waals surface area contributed by atoms with Gasteiger partial charge in [-0.15, -0.1) is 0 Å². The Balaban J connectivity index is 1.18. The lowest BCUT2D eigenvalue weighted by Gasteiger charge is -2.34. The van der Waals surface area contributed by atoms with Gasteiger partial charge in [-0.2, -0.15) is 0 Å². The number of phenolic OH excluding ortho intramolecular Hbond substituents is 1. The highest BCUT2D eigenvalue weighted by Gasteiger charge is 2.25. The van der Waals surface area contributed by atoms with Crippen LogP contribution in [-0.4, -0.2) is 68.2 Å². The van der Waals surface area contributed by atoms with Crippen molar-refractivity contribution in [2.45, 2.75) is 32.2 Å². The van der Waals surface area contributed by atoms with Crippen molar-refractivity contribution in [2.75, 3.05) is 51.3 Å². The molecule has 0 aromatic heterocycles. The molecule has 7 rings (SSSR count). The molecule has 0 bridgehead atoms. The molecule has 3 aliphatic rings. The number of nitrogens with zero attached hydrogens (tertiary/aromatic N) is 3. The summed E-state index contributed by atoms with van der Waals surface area (Å²) in [7, 11) is 2.16. The number of amides is 1. The van der Waals surface area contributed by atoms with Crippen LogP contribution in [0.25, 0.3) is 11.1 Å². The topological polar surface area (TPSA) is 77.4 Å². The zero-order chi connectivity index (χ0) is 32.3. The monoisotopic (exact) mass is 632 g/mol. The van der Waals surface area contributed by atoms with Crippen molar-refractivity contribution in [3.05, 3.63) is 118 Å². The molecule has 0 aliphatic carbocycles. The maximum Gasteiger partial charge on any atom is 0.257 e. The molecule has 0 atom stereocenters. The van der Waals surface area contributed by atoms with E-state index in [0.29, 0.717) is 30.3 Å². The minimum atomic E-state index is -0.278. The van der Waals surface area contributed by atoms with Crippen molar-refractivity contribution in [1.29, 1.82) is 0 Å². The van der Waals surface area contributed by atoms with Gasteiger partial charge in [0, 0.05) is 56.2 Å². The summed E-state index contributed by atoms with van der Waals surface area (Å²) in [5.41, 5.74) is 8.60.